The number of piperidine rings is 1. The Morgan fingerprint density at radius 3 is 2.48 bits per heavy atom. The van der Waals surface area contributed by atoms with Crippen molar-refractivity contribution in [2.45, 2.75) is 44.4 Å². The lowest BCUT2D eigenvalue weighted by atomic mass is 9.89. The number of nitrogens with zero attached hydrogens (tertiary/aromatic N) is 7. The number of hydrogen-bond donors (Lipinski definition) is 0. The van der Waals surface area contributed by atoms with Crippen LogP contribution in [0.4, 0.5) is 0 Å². The Morgan fingerprint density at radius 2 is 1.67 bits per heavy atom. The predicted octanol–water partition coefficient (Wildman–Crippen LogP) is 6.52. The number of para-hydroxylation sites is 1. The molecule has 0 amide bonds. The highest BCUT2D eigenvalue weighted by Gasteiger charge is 2.21. The lowest BCUT2D eigenvalue weighted by Crippen LogP contribution is -2.33. The van der Waals surface area contributed by atoms with Gasteiger partial charge in [-0.3, -0.25) is 0 Å². The molecule has 6 aromatic rings. The smallest absolute Gasteiger partial charge is 0.365 e. The van der Waals surface area contributed by atoms with Crippen molar-refractivity contribution < 1.29 is 14.4 Å². The summed E-state index contributed by atoms with van der Waals surface area (Å²) in [5.74, 6) is 0.0954. The number of unbranched alkanes of at least 4 members (excludes halogenated alkanes) is 3. The molecule has 0 radical (unpaired) electrons. The lowest BCUT2D eigenvalue weighted by molar-refractivity contribution is 0.0409. The molecule has 0 spiro atoms. The molecular formula is C35H37N7O3S. The number of carbonyl (C=O) groups is 1. The van der Waals surface area contributed by atoms with Crippen molar-refractivity contribution in [2.24, 2.45) is 0 Å². The van der Waals surface area contributed by atoms with Crippen LogP contribution in [0.5, 0.6) is 0 Å². The van der Waals surface area contributed by atoms with E-state index in [4.69, 9.17) is 14.7 Å². The first kappa shape index (κ1) is 30.2. The topological polar surface area (TPSA) is 99.7 Å². The van der Waals surface area contributed by atoms with Gasteiger partial charge in [0, 0.05) is 24.8 Å². The van der Waals surface area contributed by atoms with Gasteiger partial charge in [-0.05, 0) is 86.3 Å². The molecule has 1 fully saturated rings. The predicted molar refractivity (Wildman–Crippen MR) is 179 cm³/mol. The average molecular weight is 636 g/mol. The van der Waals surface area contributed by atoms with Crippen LogP contribution in [0.3, 0.4) is 0 Å². The molecule has 11 heteroatoms. The van der Waals surface area contributed by atoms with E-state index in [9.17, 15) is 4.79 Å². The van der Waals surface area contributed by atoms with E-state index in [0.29, 0.717) is 22.5 Å². The maximum Gasteiger partial charge on any atom is 0.365 e. The Bertz CT molecular complexity index is 1900. The largest absolute Gasteiger partial charge is 0.385 e. The van der Waals surface area contributed by atoms with Gasteiger partial charge in [-0.25, -0.2) is 14.3 Å². The van der Waals surface area contributed by atoms with Gasteiger partial charge >= 0.3 is 5.97 Å². The van der Waals surface area contributed by atoms with Crippen LogP contribution in [0.1, 0.15) is 60.4 Å². The molecule has 0 N–H and O–H groups in total. The molecule has 46 heavy (non-hydrogen) atoms. The van der Waals surface area contributed by atoms with Gasteiger partial charge in [0.25, 0.3) is 0 Å². The van der Waals surface area contributed by atoms with Crippen LogP contribution < -0.4 is 4.84 Å². The summed E-state index contributed by atoms with van der Waals surface area (Å²) in [7, 11) is 1.78. The van der Waals surface area contributed by atoms with E-state index in [0.717, 1.165) is 38.2 Å². The molecule has 0 aliphatic carbocycles. The SMILES string of the molecule is COCCCCCCN1CCC(c2ccc(-c3nn4c(-c5ccc(C(=O)On6nnc7ccccc76)cc5)cnc4s3)cc2)CC1. The van der Waals surface area contributed by atoms with E-state index in [1.807, 2.05) is 41.0 Å². The number of ether oxygens (including phenoxy) is 1. The van der Waals surface area contributed by atoms with Gasteiger partial charge in [0.1, 0.15) is 16.0 Å². The summed E-state index contributed by atoms with van der Waals surface area (Å²) in [5.41, 5.74) is 5.95. The van der Waals surface area contributed by atoms with Gasteiger partial charge in [-0.15, -0.1) is 5.10 Å². The van der Waals surface area contributed by atoms with Gasteiger partial charge in [0.05, 0.1) is 17.5 Å². The zero-order chi connectivity index (χ0) is 31.3. The third kappa shape index (κ3) is 6.57. The van der Waals surface area contributed by atoms with Crippen LogP contribution in [0.25, 0.3) is 37.8 Å². The summed E-state index contributed by atoms with van der Waals surface area (Å²) in [6, 6.07) is 23.5. The summed E-state index contributed by atoms with van der Waals surface area (Å²) < 4.78 is 7.02. The van der Waals surface area contributed by atoms with E-state index in [-0.39, 0.29) is 0 Å². The molecule has 10 nitrogen and oxygen atoms in total. The molecule has 1 saturated heterocycles. The van der Waals surface area contributed by atoms with E-state index in [1.165, 1.54) is 63.7 Å². The number of aromatic nitrogens is 6. The minimum absolute atomic E-state index is 0.405. The summed E-state index contributed by atoms with van der Waals surface area (Å²) in [4.78, 5) is 27.5. The molecule has 4 heterocycles. The van der Waals surface area contributed by atoms with E-state index in [1.54, 1.807) is 36.6 Å². The van der Waals surface area contributed by atoms with Gasteiger partial charge in [-0.2, -0.15) is 5.10 Å². The van der Waals surface area contributed by atoms with Crippen molar-refractivity contribution in [3.05, 3.63) is 90.1 Å². The third-order valence-electron chi connectivity index (χ3n) is 8.78. The van der Waals surface area contributed by atoms with Gasteiger partial charge in [-0.1, -0.05) is 77.6 Å². The molecule has 0 saturated carbocycles. The number of benzene rings is 3. The second kappa shape index (κ2) is 13.9. The summed E-state index contributed by atoms with van der Waals surface area (Å²) >= 11 is 1.57. The van der Waals surface area contributed by atoms with Crippen molar-refractivity contribution in [3.63, 3.8) is 0 Å². The van der Waals surface area contributed by atoms with E-state index in [2.05, 4.69) is 44.5 Å². The van der Waals surface area contributed by atoms with Crippen molar-refractivity contribution in [1.29, 1.82) is 0 Å². The Morgan fingerprint density at radius 1 is 0.913 bits per heavy atom. The minimum Gasteiger partial charge on any atom is -0.385 e. The number of imidazole rings is 1. The first-order valence-electron chi connectivity index (χ1n) is 16.0. The number of likely N-dealkylation sites (tertiary alicyclic amines) is 1. The molecule has 0 bridgehead atoms. The Kier molecular flexibility index (Phi) is 9.13. The van der Waals surface area contributed by atoms with Crippen molar-refractivity contribution in [2.75, 3.05) is 33.4 Å². The minimum atomic E-state index is -0.519. The van der Waals surface area contributed by atoms with Crippen molar-refractivity contribution in [3.8, 4) is 21.8 Å². The molecular weight excluding hydrogens is 598 g/mol. The maximum atomic E-state index is 12.8. The molecule has 0 atom stereocenters. The van der Waals surface area contributed by atoms with Crippen LogP contribution >= 0.6 is 11.3 Å². The van der Waals surface area contributed by atoms with Gasteiger partial charge in [0.15, 0.2) is 0 Å². The quantitative estimate of drug-likeness (QED) is 0.111. The first-order valence-corrected chi connectivity index (χ1v) is 16.8. The number of carbonyl (C=O) groups excluding carboxylic acids is 1. The Hall–Kier alpha value is -4.45. The first-order chi connectivity index (χ1) is 22.7. The molecule has 0 unspecified atom stereocenters. The van der Waals surface area contributed by atoms with Gasteiger partial charge < -0.3 is 14.5 Å². The van der Waals surface area contributed by atoms with Crippen molar-refractivity contribution in [1.82, 2.24) is 34.7 Å². The maximum absolute atomic E-state index is 12.8. The third-order valence-corrected chi connectivity index (χ3v) is 9.75. The van der Waals surface area contributed by atoms with Crippen LogP contribution in [0.2, 0.25) is 0 Å². The van der Waals surface area contributed by atoms with Gasteiger partial charge in [0.2, 0.25) is 4.96 Å². The monoisotopic (exact) mass is 635 g/mol. The molecule has 1 aliphatic heterocycles. The fraction of sp³-hybridized carbons (Fsp3) is 0.343. The van der Waals surface area contributed by atoms with Crippen LogP contribution in [0, 0.1) is 0 Å². The fourth-order valence-corrected chi connectivity index (χ4v) is 7.03. The number of hydrogen-bond acceptors (Lipinski definition) is 9. The van der Waals surface area contributed by atoms with E-state index >= 15 is 0 Å². The van der Waals surface area contributed by atoms with Crippen LogP contribution in [-0.2, 0) is 4.74 Å². The molecule has 1 aliphatic rings. The zero-order valence-corrected chi connectivity index (χ0v) is 26.7. The molecule has 7 rings (SSSR count). The fourth-order valence-electron chi connectivity index (χ4n) is 6.15. The standard InChI is InChI=1S/C35H37N7O3S/c1-44-23-7-3-2-6-20-40-21-18-26(19-22-40)25-10-14-28(15-11-25)33-38-41-32(24-36-35(41)46-33)27-12-16-29(17-13-27)34(43)45-42-31-9-5-4-8-30(31)37-39-42/h4-5,8-17,24,26H,2-3,6-7,18-23H2,1H3. The Balaban J connectivity index is 0.964. The summed E-state index contributed by atoms with van der Waals surface area (Å²) in [6.45, 7) is 4.45. The van der Waals surface area contributed by atoms with Crippen molar-refractivity contribution >= 4 is 33.3 Å². The number of methoxy groups -OCH3 is 1. The second-order valence-corrected chi connectivity index (χ2v) is 12.8. The average Bonchev–Trinajstić information content (AvgIpc) is 3.82. The number of rotatable bonds is 12. The van der Waals surface area contributed by atoms with E-state index < -0.39 is 5.97 Å². The molecule has 3 aromatic carbocycles. The summed E-state index contributed by atoms with van der Waals surface area (Å²) in [5, 5.41) is 13.8. The van der Waals surface area contributed by atoms with Crippen LogP contribution in [0.15, 0.2) is 79.0 Å². The molecule has 3 aromatic heterocycles. The molecule has 236 valence electrons. The highest BCUT2D eigenvalue weighted by molar-refractivity contribution is 7.19. The summed E-state index contributed by atoms with van der Waals surface area (Å²) in [6.07, 6.45) is 9.25. The zero-order valence-electron chi connectivity index (χ0n) is 25.9. The van der Waals surface area contributed by atoms with Crippen LogP contribution in [-0.4, -0.2) is 74.0 Å². The number of fused-ring (bicyclic) bond motifs is 2. The Labute approximate surface area is 271 Å². The highest BCUT2D eigenvalue weighted by Crippen LogP contribution is 2.33. The normalized spacial score (nSPS) is 14.4. The lowest BCUT2D eigenvalue weighted by Gasteiger charge is -2.32. The highest BCUT2D eigenvalue weighted by atomic mass is 32.1. The second-order valence-electron chi connectivity index (χ2n) is 11.8.